The van der Waals surface area contributed by atoms with Gasteiger partial charge in [-0.05, 0) is 6.92 Å². The summed E-state index contributed by atoms with van der Waals surface area (Å²) in [6.07, 6.45) is 13.6. The maximum Gasteiger partial charge on any atom is 0.156 e. The Balaban J connectivity index is 1.61. The van der Waals surface area contributed by atoms with Crippen LogP contribution in [0.15, 0.2) is 54.3 Å². The van der Waals surface area contributed by atoms with Gasteiger partial charge in [-0.2, -0.15) is 0 Å². The minimum atomic E-state index is 0.227. The average Bonchev–Trinajstić information content (AvgIpc) is 3.25. The van der Waals surface area contributed by atoms with Gasteiger partial charge in [0.2, 0.25) is 0 Å². The van der Waals surface area contributed by atoms with Crippen molar-refractivity contribution in [3.05, 3.63) is 55.6 Å². The Morgan fingerprint density at radius 3 is 2.86 bits per heavy atom. The van der Waals surface area contributed by atoms with Crippen LogP contribution in [0.25, 0.3) is 17.1 Å². The lowest BCUT2D eigenvalue weighted by Gasteiger charge is -1.99. The third-order valence-electron chi connectivity index (χ3n) is 3.50. The molecule has 106 valence electrons. The highest BCUT2D eigenvalue weighted by Gasteiger charge is 2.17. The Morgan fingerprint density at radius 1 is 1.19 bits per heavy atom. The first kappa shape index (κ1) is 12.0. The Labute approximate surface area is 121 Å². The summed E-state index contributed by atoms with van der Waals surface area (Å²) in [4.78, 5) is 8.82. The van der Waals surface area contributed by atoms with Crippen molar-refractivity contribution in [1.82, 2.24) is 19.1 Å². The molecular weight excluding hydrogens is 268 g/mol. The lowest BCUT2D eigenvalue weighted by molar-refractivity contribution is 0.189. The van der Waals surface area contributed by atoms with Crippen molar-refractivity contribution < 1.29 is 9.15 Å². The molecule has 0 radical (unpaired) electrons. The molecule has 21 heavy (non-hydrogen) atoms. The number of rotatable bonds is 3. The van der Waals surface area contributed by atoms with Crippen molar-refractivity contribution >= 4 is 5.57 Å². The van der Waals surface area contributed by atoms with E-state index in [0.717, 1.165) is 29.2 Å². The number of hydrogen-bond donors (Lipinski definition) is 0. The fraction of sp³-hybridized carbons (Fsp3) is 0.200. The van der Waals surface area contributed by atoms with Gasteiger partial charge in [0.25, 0.3) is 0 Å². The van der Waals surface area contributed by atoms with Crippen molar-refractivity contribution in [2.75, 3.05) is 0 Å². The molecule has 6 heteroatoms. The maximum absolute atomic E-state index is 5.45. The molecule has 1 atom stereocenters. The van der Waals surface area contributed by atoms with Crippen LogP contribution < -0.4 is 0 Å². The first-order valence-corrected chi connectivity index (χ1v) is 6.75. The van der Waals surface area contributed by atoms with Gasteiger partial charge in [0.1, 0.15) is 18.9 Å². The summed E-state index contributed by atoms with van der Waals surface area (Å²) in [5, 5.41) is 0. The second-order valence-electron chi connectivity index (χ2n) is 5.08. The van der Waals surface area contributed by atoms with Gasteiger partial charge in [0.15, 0.2) is 5.82 Å². The van der Waals surface area contributed by atoms with E-state index in [2.05, 4.69) is 9.97 Å². The minimum Gasteiger partial charge on any atom is -0.498 e. The zero-order chi connectivity index (χ0) is 14.2. The molecule has 0 spiro atoms. The Bertz CT molecular complexity index is 782. The lowest BCUT2D eigenvalue weighted by atomic mass is 10.1. The SMILES string of the molecule is CC1CC(c2cn(-c3cn(-c4ccoc4)cn3)cn2)=CO1. The Morgan fingerprint density at radius 2 is 2.10 bits per heavy atom. The summed E-state index contributed by atoms with van der Waals surface area (Å²) in [5.74, 6) is 0.808. The molecule has 4 rings (SSSR count). The smallest absolute Gasteiger partial charge is 0.156 e. The van der Waals surface area contributed by atoms with Gasteiger partial charge < -0.3 is 13.7 Å². The van der Waals surface area contributed by atoms with Crippen molar-refractivity contribution in [1.29, 1.82) is 0 Å². The van der Waals surface area contributed by atoms with Gasteiger partial charge in [-0.3, -0.25) is 4.57 Å². The molecule has 1 aliphatic heterocycles. The zero-order valence-corrected chi connectivity index (χ0v) is 11.5. The monoisotopic (exact) mass is 282 g/mol. The van der Waals surface area contributed by atoms with Gasteiger partial charge in [-0.15, -0.1) is 0 Å². The molecule has 0 aliphatic carbocycles. The van der Waals surface area contributed by atoms with Crippen LogP contribution in [0.5, 0.6) is 0 Å². The normalized spacial score (nSPS) is 17.8. The van der Waals surface area contributed by atoms with E-state index in [1.807, 2.05) is 34.5 Å². The average molecular weight is 282 g/mol. The first-order valence-electron chi connectivity index (χ1n) is 6.75. The molecule has 0 bridgehead atoms. The molecule has 0 aromatic carbocycles. The van der Waals surface area contributed by atoms with Gasteiger partial charge in [0, 0.05) is 24.3 Å². The molecule has 3 aromatic heterocycles. The lowest BCUT2D eigenvalue weighted by Crippen LogP contribution is -1.96. The topological polar surface area (TPSA) is 58.0 Å². The second kappa shape index (κ2) is 4.66. The summed E-state index contributed by atoms with van der Waals surface area (Å²) in [6.45, 7) is 2.05. The van der Waals surface area contributed by atoms with E-state index >= 15 is 0 Å². The summed E-state index contributed by atoms with van der Waals surface area (Å²) in [7, 11) is 0. The van der Waals surface area contributed by atoms with Crippen molar-refractivity contribution in [3.8, 4) is 11.5 Å². The molecule has 3 aromatic rings. The number of nitrogens with zero attached hydrogens (tertiary/aromatic N) is 4. The molecule has 0 saturated heterocycles. The predicted octanol–water partition coefficient (Wildman–Crippen LogP) is 2.80. The van der Waals surface area contributed by atoms with Crippen molar-refractivity contribution in [3.63, 3.8) is 0 Å². The van der Waals surface area contributed by atoms with Gasteiger partial charge in [-0.25, -0.2) is 9.97 Å². The molecule has 1 unspecified atom stereocenters. The van der Waals surface area contributed by atoms with E-state index in [1.54, 1.807) is 31.4 Å². The van der Waals surface area contributed by atoms with Crippen LogP contribution in [-0.2, 0) is 4.74 Å². The van der Waals surface area contributed by atoms with E-state index in [1.165, 1.54) is 0 Å². The third kappa shape index (κ3) is 2.14. The van der Waals surface area contributed by atoms with Crippen molar-refractivity contribution in [2.45, 2.75) is 19.4 Å². The quantitative estimate of drug-likeness (QED) is 0.741. The van der Waals surface area contributed by atoms with Crippen LogP contribution in [0.1, 0.15) is 19.0 Å². The predicted molar refractivity (Wildman–Crippen MR) is 76.1 cm³/mol. The van der Waals surface area contributed by atoms with Crippen LogP contribution in [0.4, 0.5) is 0 Å². The number of ether oxygens (including phenoxy) is 1. The van der Waals surface area contributed by atoms with E-state index < -0.39 is 0 Å². The second-order valence-corrected chi connectivity index (χ2v) is 5.08. The number of hydrogen-bond acceptors (Lipinski definition) is 4. The molecule has 0 N–H and O–H groups in total. The fourth-order valence-electron chi connectivity index (χ4n) is 2.37. The van der Waals surface area contributed by atoms with Crippen LogP contribution in [0, 0.1) is 0 Å². The van der Waals surface area contributed by atoms with Gasteiger partial charge >= 0.3 is 0 Å². The molecule has 1 aliphatic rings. The number of imidazole rings is 2. The van der Waals surface area contributed by atoms with Crippen LogP contribution in [0.2, 0.25) is 0 Å². The first-order chi connectivity index (χ1) is 10.3. The third-order valence-corrected chi connectivity index (χ3v) is 3.50. The Hall–Kier alpha value is -2.76. The highest BCUT2D eigenvalue weighted by molar-refractivity contribution is 5.63. The molecule has 6 nitrogen and oxygen atoms in total. The molecule has 0 amide bonds. The molecule has 4 heterocycles. The number of furan rings is 1. The highest BCUT2D eigenvalue weighted by atomic mass is 16.5. The largest absolute Gasteiger partial charge is 0.498 e. The van der Waals surface area contributed by atoms with E-state index in [0.29, 0.717) is 0 Å². The van der Waals surface area contributed by atoms with E-state index in [9.17, 15) is 0 Å². The minimum absolute atomic E-state index is 0.227. The standard InChI is InChI=1S/C15H14N4O2/c1-11-4-12(7-21-11)14-5-19(9-16-14)15-6-18(10-17-15)13-2-3-20-8-13/h2-3,5-11H,4H2,1H3. The fourth-order valence-corrected chi connectivity index (χ4v) is 2.37. The molecular formula is C15H14N4O2. The van der Waals surface area contributed by atoms with Gasteiger partial charge in [0.05, 0.1) is 36.2 Å². The van der Waals surface area contributed by atoms with Crippen LogP contribution in [0.3, 0.4) is 0 Å². The van der Waals surface area contributed by atoms with Gasteiger partial charge in [-0.1, -0.05) is 0 Å². The summed E-state index contributed by atoms with van der Waals surface area (Å²) in [6, 6.07) is 1.88. The number of aromatic nitrogens is 4. The maximum atomic E-state index is 5.45. The summed E-state index contributed by atoms with van der Waals surface area (Å²) in [5.41, 5.74) is 2.99. The summed E-state index contributed by atoms with van der Waals surface area (Å²) < 4.78 is 14.3. The van der Waals surface area contributed by atoms with Crippen LogP contribution >= 0.6 is 0 Å². The van der Waals surface area contributed by atoms with E-state index in [-0.39, 0.29) is 6.10 Å². The Kier molecular flexibility index (Phi) is 2.67. The highest BCUT2D eigenvalue weighted by Crippen LogP contribution is 2.26. The zero-order valence-electron chi connectivity index (χ0n) is 11.5. The van der Waals surface area contributed by atoms with Crippen molar-refractivity contribution in [2.24, 2.45) is 0 Å². The van der Waals surface area contributed by atoms with Crippen LogP contribution in [-0.4, -0.2) is 25.2 Å². The molecule has 0 saturated carbocycles. The molecule has 0 fully saturated rings. The van der Waals surface area contributed by atoms with E-state index in [4.69, 9.17) is 9.15 Å². The summed E-state index contributed by atoms with van der Waals surface area (Å²) >= 11 is 0.